The molecule has 2 aliphatic heterocycles. The fraction of sp³-hybridized carbons (Fsp3) is 0.429. The van der Waals surface area contributed by atoms with Gasteiger partial charge in [0.2, 0.25) is 0 Å². The maximum absolute atomic E-state index is 14.6. The normalized spacial score (nSPS) is 20.3. The summed E-state index contributed by atoms with van der Waals surface area (Å²) >= 11 is 0. The van der Waals surface area contributed by atoms with Gasteiger partial charge in [-0.1, -0.05) is 13.0 Å². The van der Waals surface area contributed by atoms with E-state index in [0.717, 1.165) is 42.8 Å². The lowest BCUT2D eigenvalue weighted by atomic mass is 9.93. The number of rotatable bonds is 7. The molecule has 1 saturated carbocycles. The van der Waals surface area contributed by atoms with Crippen molar-refractivity contribution in [3.8, 4) is 17.0 Å². The number of nitrogens with zero attached hydrogens (tertiary/aromatic N) is 2. The molecule has 1 amide bonds. The molecule has 1 spiro atoms. The molecule has 3 aliphatic rings. The largest absolute Gasteiger partial charge is 0.490 e. The second-order valence-corrected chi connectivity index (χ2v) is 10.3. The van der Waals surface area contributed by atoms with Crippen molar-refractivity contribution < 1.29 is 13.9 Å². The molecule has 8 heteroatoms. The molecule has 7 nitrogen and oxygen atoms in total. The van der Waals surface area contributed by atoms with Crippen LogP contribution in [0.3, 0.4) is 0 Å². The smallest absolute Gasteiger partial charge is 0.255 e. The first kappa shape index (κ1) is 23.0. The number of anilines is 2. The molecular weight excluding hydrogens is 457 g/mol. The van der Waals surface area contributed by atoms with Gasteiger partial charge in [-0.2, -0.15) is 0 Å². The van der Waals surface area contributed by atoms with Gasteiger partial charge in [-0.25, -0.2) is 4.39 Å². The van der Waals surface area contributed by atoms with E-state index in [0.29, 0.717) is 53.9 Å². The Labute approximate surface area is 210 Å². The molecule has 2 aromatic heterocycles. The molecule has 2 fully saturated rings. The first-order valence-electron chi connectivity index (χ1n) is 12.9. The Morgan fingerprint density at radius 1 is 1.31 bits per heavy atom. The van der Waals surface area contributed by atoms with Gasteiger partial charge >= 0.3 is 0 Å². The molecule has 4 heterocycles. The van der Waals surface area contributed by atoms with Crippen molar-refractivity contribution in [3.05, 3.63) is 59.3 Å². The van der Waals surface area contributed by atoms with Crippen molar-refractivity contribution in [3.63, 3.8) is 0 Å². The lowest BCUT2D eigenvalue weighted by molar-refractivity contribution is 0.0938. The van der Waals surface area contributed by atoms with E-state index < -0.39 is 0 Å². The molecule has 0 radical (unpaired) electrons. The third kappa shape index (κ3) is 3.84. The van der Waals surface area contributed by atoms with Gasteiger partial charge in [-0.15, -0.1) is 0 Å². The van der Waals surface area contributed by atoms with Gasteiger partial charge < -0.3 is 25.3 Å². The number of carbonyl (C=O) groups excluding carboxylic acids is 1. The number of fused-ring (bicyclic) bond motifs is 2. The molecule has 36 heavy (non-hydrogen) atoms. The quantitative estimate of drug-likeness (QED) is 0.445. The molecule has 0 bridgehead atoms. The Hall–Kier alpha value is -3.39. The van der Waals surface area contributed by atoms with Crippen molar-refractivity contribution in [1.82, 2.24) is 20.2 Å². The molecular formula is C28H32FN5O2. The molecule has 6 rings (SSSR count). The summed E-state index contributed by atoms with van der Waals surface area (Å²) in [5, 5.41) is 6.53. The van der Waals surface area contributed by atoms with Gasteiger partial charge in [0.1, 0.15) is 18.2 Å². The summed E-state index contributed by atoms with van der Waals surface area (Å²) in [5.74, 6) is 0.288. The lowest BCUT2D eigenvalue weighted by Gasteiger charge is -2.23. The predicted octanol–water partition coefficient (Wildman–Crippen LogP) is 4.77. The number of amides is 1. The highest BCUT2D eigenvalue weighted by Gasteiger charge is 2.51. The number of ether oxygens (including phenoxy) is 1. The van der Waals surface area contributed by atoms with Gasteiger partial charge in [-0.3, -0.25) is 9.78 Å². The number of likely N-dealkylation sites (tertiary alicyclic amines) is 1. The average molecular weight is 490 g/mol. The van der Waals surface area contributed by atoms with Crippen LogP contribution >= 0.6 is 0 Å². The number of H-pyrrole nitrogens is 1. The van der Waals surface area contributed by atoms with Gasteiger partial charge in [0, 0.05) is 46.7 Å². The van der Waals surface area contributed by atoms with Crippen LogP contribution in [0.25, 0.3) is 11.3 Å². The number of hydrogen-bond acceptors (Lipinski definition) is 5. The zero-order chi connectivity index (χ0) is 24.9. The van der Waals surface area contributed by atoms with E-state index in [1.807, 2.05) is 19.1 Å². The Morgan fingerprint density at radius 2 is 2.17 bits per heavy atom. The Balaban J connectivity index is 1.46. The highest BCUT2D eigenvalue weighted by molar-refractivity contribution is 6.07. The molecule has 188 valence electrons. The van der Waals surface area contributed by atoms with E-state index in [9.17, 15) is 9.18 Å². The zero-order valence-corrected chi connectivity index (χ0v) is 20.8. The average Bonchev–Trinajstić information content (AvgIpc) is 3.38. The van der Waals surface area contributed by atoms with Gasteiger partial charge in [-0.05, 0) is 63.9 Å². The van der Waals surface area contributed by atoms with Gasteiger partial charge in [0.15, 0.2) is 0 Å². The number of halogens is 1. The molecule has 1 saturated heterocycles. The number of carbonyl (C=O) groups is 1. The predicted molar refractivity (Wildman–Crippen MR) is 137 cm³/mol. The van der Waals surface area contributed by atoms with E-state index in [4.69, 9.17) is 4.74 Å². The standard InChI is InChI=1S/C28H32FN5O2/c1-3-18-20(29)7-4-8-21(18)32-25-23-26(28(10-11-28)16-31-27(23)35)33-24(25)19-9-12-30-14-22(19)36-15-17-6-5-13-34(17)2/h4,7-9,12,14,17,32-33H,3,5-6,10-11,13,15-16H2,1-2H3,(H,31,35)/t17-/m0/s1. The number of likely N-dealkylation sites (N-methyl/N-ethyl adjacent to an activating group) is 1. The van der Waals surface area contributed by atoms with Crippen LogP contribution in [0.1, 0.15) is 54.2 Å². The van der Waals surface area contributed by atoms with Crippen molar-refractivity contribution in [2.24, 2.45) is 0 Å². The van der Waals surface area contributed by atoms with Crippen LogP contribution in [0, 0.1) is 5.82 Å². The summed E-state index contributed by atoms with van der Waals surface area (Å²) in [5.41, 5.74) is 5.01. The van der Waals surface area contributed by atoms with E-state index in [1.54, 1.807) is 18.5 Å². The Bertz CT molecular complexity index is 1320. The molecule has 1 aliphatic carbocycles. The molecule has 3 N–H and O–H groups in total. The number of hydrogen-bond donors (Lipinski definition) is 3. The molecule has 3 aromatic rings. The highest BCUT2D eigenvalue weighted by Crippen LogP contribution is 2.54. The van der Waals surface area contributed by atoms with Crippen LogP contribution in [0.5, 0.6) is 5.75 Å². The monoisotopic (exact) mass is 489 g/mol. The SMILES string of the molecule is CCc1c(F)cccc1Nc1c(-c2ccncc2OC[C@@H]2CCCN2C)[nH]c2c1C(=O)NCC21CC1. The summed E-state index contributed by atoms with van der Waals surface area (Å²) in [7, 11) is 2.13. The van der Waals surface area contributed by atoms with Crippen LogP contribution in [0.2, 0.25) is 0 Å². The zero-order valence-electron chi connectivity index (χ0n) is 20.8. The number of benzene rings is 1. The summed E-state index contributed by atoms with van der Waals surface area (Å²) in [4.78, 5) is 23.5. The first-order chi connectivity index (χ1) is 17.5. The minimum atomic E-state index is -0.259. The van der Waals surface area contributed by atoms with Crippen molar-refractivity contribution in [1.29, 1.82) is 0 Å². The molecule has 1 atom stereocenters. The van der Waals surface area contributed by atoms with Crippen LogP contribution in [0.4, 0.5) is 15.8 Å². The van der Waals surface area contributed by atoms with Crippen molar-refractivity contribution in [2.45, 2.75) is 50.5 Å². The lowest BCUT2D eigenvalue weighted by Crippen LogP contribution is -2.39. The van der Waals surface area contributed by atoms with E-state index in [2.05, 4.69) is 32.5 Å². The maximum Gasteiger partial charge on any atom is 0.255 e. The fourth-order valence-electron chi connectivity index (χ4n) is 5.70. The summed E-state index contributed by atoms with van der Waals surface area (Å²) in [6, 6.07) is 7.31. The van der Waals surface area contributed by atoms with Crippen LogP contribution in [-0.4, -0.2) is 53.6 Å². The van der Waals surface area contributed by atoms with Crippen LogP contribution in [-0.2, 0) is 11.8 Å². The van der Waals surface area contributed by atoms with Gasteiger partial charge in [0.05, 0.1) is 23.1 Å². The van der Waals surface area contributed by atoms with Crippen LogP contribution in [0.15, 0.2) is 36.7 Å². The maximum atomic E-state index is 14.6. The minimum absolute atomic E-state index is 0.0615. The number of aromatic amines is 1. The summed E-state index contributed by atoms with van der Waals surface area (Å²) in [6.07, 6.45) is 8.33. The molecule has 1 aromatic carbocycles. The number of nitrogens with one attached hydrogen (secondary N) is 3. The molecule has 0 unspecified atom stereocenters. The van der Waals surface area contributed by atoms with Crippen molar-refractivity contribution >= 4 is 17.3 Å². The Morgan fingerprint density at radius 3 is 2.92 bits per heavy atom. The topological polar surface area (TPSA) is 82.3 Å². The highest BCUT2D eigenvalue weighted by atomic mass is 19.1. The third-order valence-corrected chi connectivity index (χ3v) is 8.09. The van der Waals surface area contributed by atoms with E-state index >= 15 is 0 Å². The fourth-order valence-corrected chi connectivity index (χ4v) is 5.70. The van der Waals surface area contributed by atoms with E-state index in [-0.39, 0.29) is 17.1 Å². The van der Waals surface area contributed by atoms with Crippen LogP contribution < -0.4 is 15.4 Å². The minimum Gasteiger partial charge on any atom is -0.490 e. The summed E-state index contributed by atoms with van der Waals surface area (Å²) < 4.78 is 21.0. The number of pyridine rings is 1. The van der Waals surface area contributed by atoms with Gasteiger partial charge in [0.25, 0.3) is 5.91 Å². The summed E-state index contributed by atoms with van der Waals surface area (Å²) in [6.45, 7) is 4.21. The van der Waals surface area contributed by atoms with Crippen molar-refractivity contribution in [2.75, 3.05) is 32.1 Å². The first-order valence-corrected chi connectivity index (χ1v) is 12.9. The van der Waals surface area contributed by atoms with E-state index in [1.165, 1.54) is 12.5 Å². The Kier molecular flexibility index (Phi) is 5.71. The third-order valence-electron chi connectivity index (χ3n) is 8.09. The second-order valence-electron chi connectivity index (χ2n) is 10.3. The number of aromatic nitrogens is 2. The second kappa shape index (κ2) is 8.92.